The summed E-state index contributed by atoms with van der Waals surface area (Å²) >= 11 is 11.2. The van der Waals surface area contributed by atoms with Gasteiger partial charge in [-0.05, 0) is 42.5 Å². The quantitative estimate of drug-likeness (QED) is 0.836. The first-order valence-corrected chi connectivity index (χ1v) is 6.49. The van der Waals surface area contributed by atoms with Crippen LogP contribution in [0.1, 0.15) is 0 Å². The molecule has 0 atom stereocenters. The number of hydrogen-bond donors (Lipinski definition) is 2. The van der Waals surface area contributed by atoms with E-state index < -0.39 is 0 Å². The second kappa shape index (κ2) is 6.41. The summed E-state index contributed by atoms with van der Waals surface area (Å²) in [6.07, 6.45) is 0. The molecule has 2 aromatic rings. The van der Waals surface area contributed by atoms with Crippen LogP contribution < -0.4 is 15.4 Å². The number of nitrogens with one attached hydrogen (secondary N) is 2. The Morgan fingerprint density at radius 2 is 1.89 bits per heavy atom. The first-order chi connectivity index (χ1) is 9.19. The summed E-state index contributed by atoms with van der Waals surface area (Å²) in [4.78, 5) is 0. The molecule has 0 amide bonds. The lowest BCUT2D eigenvalue weighted by Gasteiger charge is -2.11. The number of para-hydroxylation sites is 1. The van der Waals surface area contributed by atoms with Crippen molar-refractivity contribution in [1.82, 2.24) is 5.32 Å². The lowest BCUT2D eigenvalue weighted by Crippen LogP contribution is -2.24. The fraction of sp³-hybridized carbons (Fsp3) is 0.0714. The van der Waals surface area contributed by atoms with Gasteiger partial charge in [0, 0.05) is 12.7 Å². The lowest BCUT2D eigenvalue weighted by atomic mass is 10.3. The Morgan fingerprint density at radius 1 is 1.16 bits per heavy atom. The third-order valence-electron chi connectivity index (χ3n) is 2.39. The highest BCUT2D eigenvalue weighted by Crippen LogP contribution is 2.31. The van der Waals surface area contributed by atoms with E-state index in [1.807, 2.05) is 36.4 Å². The predicted molar refractivity (Wildman–Crippen MR) is 83.2 cm³/mol. The summed E-state index contributed by atoms with van der Waals surface area (Å²) in [5.74, 6) is 1.35. The van der Waals surface area contributed by atoms with Gasteiger partial charge in [-0.25, -0.2) is 0 Å². The molecule has 2 N–H and O–H groups in total. The zero-order chi connectivity index (χ0) is 13.7. The summed E-state index contributed by atoms with van der Waals surface area (Å²) in [7, 11) is 1.75. The summed E-state index contributed by atoms with van der Waals surface area (Å²) in [6, 6.07) is 14.9. The molecular formula is C14H13ClN2OS. The minimum absolute atomic E-state index is 0.521. The largest absolute Gasteiger partial charge is 0.456 e. The maximum absolute atomic E-state index is 6.18. The van der Waals surface area contributed by atoms with E-state index in [1.165, 1.54) is 0 Å². The van der Waals surface area contributed by atoms with Crippen molar-refractivity contribution in [2.75, 3.05) is 12.4 Å². The second-order valence-electron chi connectivity index (χ2n) is 3.76. The molecule has 0 saturated heterocycles. The predicted octanol–water partition coefficient (Wildman–Crippen LogP) is 4.05. The van der Waals surface area contributed by atoms with Crippen molar-refractivity contribution in [3.63, 3.8) is 0 Å². The molecule has 0 aliphatic rings. The summed E-state index contributed by atoms with van der Waals surface area (Å²) in [6.45, 7) is 0. The summed E-state index contributed by atoms with van der Waals surface area (Å²) < 4.78 is 5.69. The van der Waals surface area contributed by atoms with Crippen molar-refractivity contribution in [2.45, 2.75) is 0 Å². The first-order valence-electron chi connectivity index (χ1n) is 5.70. The number of anilines is 1. The minimum Gasteiger partial charge on any atom is -0.456 e. The van der Waals surface area contributed by atoms with Gasteiger partial charge in [0.15, 0.2) is 5.11 Å². The van der Waals surface area contributed by atoms with E-state index in [4.69, 9.17) is 28.6 Å². The Kier molecular flexibility index (Phi) is 4.60. The smallest absolute Gasteiger partial charge is 0.170 e. The van der Waals surface area contributed by atoms with Gasteiger partial charge in [-0.15, -0.1) is 0 Å². The van der Waals surface area contributed by atoms with Gasteiger partial charge in [0.25, 0.3) is 0 Å². The molecule has 0 heterocycles. The Bertz CT molecular complexity index is 575. The molecule has 0 aliphatic heterocycles. The molecule has 2 rings (SSSR count). The monoisotopic (exact) mass is 292 g/mol. The Morgan fingerprint density at radius 3 is 2.53 bits per heavy atom. The highest BCUT2D eigenvalue weighted by Gasteiger charge is 2.05. The molecule has 0 saturated carbocycles. The Balaban J connectivity index is 2.13. The summed E-state index contributed by atoms with van der Waals surface area (Å²) in [5, 5.41) is 6.89. The number of ether oxygens (including phenoxy) is 1. The van der Waals surface area contributed by atoms with Gasteiger partial charge >= 0.3 is 0 Å². The van der Waals surface area contributed by atoms with Crippen molar-refractivity contribution in [3.8, 4) is 11.5 Å². The number of thiocarbonyl (C=S) groups is 1. The molecule has 0 radical (unpaired) electrons. The molecule has 0 aromatic heterocycles. The number of rotatable bonds is 3. The zero-order valence-corrected chi connectivity index (χ0v) is 11.9. The van der Waals surface area contributed by atoms with E-state index in [2.05, 4.69) is 10.6 Å². The molecule has 0 bridgehead atoms. The van der Waals surface area contributed by atoms with Crippen LogP contribution in [0.5, 0.6) is 11.5 Å². The molecule has 0 aliphatic carbocycles. The fourth-order valence-corrected chi connectivity index (χ4v) is 1.81. The molecule has 3 nitrogen and oxygen atoms in total. The van der Waals surface area contributed by atoms with E-state index in [0.29, 0.717) is 15.9 Å². The van der Waals surface area contributed by atoms with Crippen molar-refractivity contribution in [3.05, 3.63) is 53.6 Å². The number of hydrogen-bond acceptors (Lipinski definition) is 2. The van der Waals surface area contributed by atoms with E-state index >= 15 is 0 Å². The maximum atomic E-state index is 6.18. The van der Waals surface area contributed by atoms with Gasteiger partial charge in [-0.1, -0.05) is 29.8 Å². The van der Waals surface area contributed by atoms with Crippen LogP contribution in [0.3, 0.4) is 0 Å². The Hall–Kier alpha value is -1.78. The normalized spacial score (nSPS) is 9.79. The summed E-state index contributed by atoms with van der Waals surface area (Å²) in [5.41, 5.74) is 0.810. The highest BCUT2D eigenvalue weighted by atomic mass is 35.5. The van der Waals surface area contributed by atoms with Crippen LogP contribution >= 0.6 is 23.8 Å². The van der Waals surface area contributed by atoms with E-state index in [-0.39, 0.29) is 0 Å². The van der Waals surface area contributed by atoms with Gasteiger partial charge in [0.1, 0.15) is 11.5 Å². The molecule has 98 valence electrons. The van der Waals surface area contributed by atoms with E-state index in [9.17, 15) is 0 Å². The minimum atomic E-state index is 0.521. The molecule has 0 fully saturated rings. The van der Waals surface area contributed by atoms with Crippen molar-refractivity contribution in [2.24, 2.45) is 0 Å². The average Bonchev–Trinajstić information content (AvgIpc) is 2.43. The van der Waals surface area contributed by atoms with Gasteiger partial charge in [0.2, 0.25) is 0 Å². The van der Waals surface area contributed by atoms with Gasteiger partial charge in [-0.2, -0.15) is 0 Å². The molecule has 5 heteroatoms. The van der Waals surface area contributed by atoms with Crippen LogP contribution in [0, 0.1) is 0 Å². The molecule has 19 heavy (non-hydrogen) atoms. The van der Waals surface area contributed by atoms with Gasteiger partial charge in [0.05, 0.1) is 5.02 Å². The lowest BCUT2D eigenvalue weighted by molar-refractivity contribution is 0.483. The van der Waals surface area contributed by atoms with Crippen LogP contribution in [0.4, 0.5) is 5.69 Å². The van der Waals surface area contributed by atoms with Gasteiger partial charge in [-0.3, -0.25) is 0 Å². The molecule has 2 aromatic carbocycles. The molecular weight excluding hydrogens is 280 g/mol. The van der Waals surface area contributed by atoms with Crippen LogP contribution in [0.25, 0.3) is 0 Å². The van der Waals surface area contributed by atoms with Crippen LogP contribution in [-0.4, -0.2) is 12.2 Å². The van der Waals surface area contributed by atoms with Crippen molar-refractivity contribution in [1.29, 1.82) is 0 Å². The first kappa shape index (κ1) is 13.6. The zero-order valence-electron chi connectivity index (χ0n) is 10.3. The third kappa shape index (κ3) is 3.84. The van der Waals surface area contributed by atoms with Gasteiger partial charge < -0.3 is 15.4 Å². The van der Waals surface area contributed by atoms with Crippen LogP contribution in [0.2, 0.25) is 5.02 Å². The Labute approximate surface area is 122 Å². The number of benzene rings is 2. The van der Waals surface area contributed by atoms with E-state index in [0.717, 1.165) is 11.4 Å². The van der Waals surface area contributed by atoms with Crippen molar-refractivity contribution >= 4 is 34.6 Å². The van der Waals surface area contributed by atoms with E-state index in [1.54, 1.807) is 19.2 Å². The average molecular weight is 293 g/mol. The second-order valence-corrected chi connectivity index (χ2v) is 4.58. The van der Waals surface area contributed by atoms with Crippen LogP contribution in [0.15, 0.2) is 48.5 Å². The number of halogens is 1. The SMILES string of the molecule is CNC(=S)Nc1ccc(Oc2ccccc2)c(Cl)c1. The molecule has 0 unspecified atom stereocenters. The highest BCUT2D eigenvalue weighted by molar-refractivity contribution is 7.80. The fourth-order valence-electron chi connectivity index (χ4n) is 1.47. The third-order valence-corrected chi connectivity index (χ3v) is 2.99. The molecule has 0 spiro atoms. The standard InChI is InChI=1S/C14H13ClN2OS/c1-16-14(19)17-10-7-8-13(12(15)9-10)18-11-5-3-2-4-6-11/h2-9H,1H3,(H2,16,17,19). The maximum Gasteiger partial charge on any atom is 0.170 e. The van der Waals surface area contributed by atoms with Crippen molar-refractivity contribution < 1.29 is 4.74 Å². The topological polar surface area (TPSA) is 33.3 Å². The van der Waals surface area contributed by atoms with Crippen LogP contribution in [-0.2, 0) is 0 Å².